The Morgan fingerprint density at radius 1 is 1.03 bits per heavy atom. The minimum Gasteiger partial charge on any atom is -0.493 e. The summed E-state index contributed by atoms with van der Waals surface area (Å²) in [5.41, 5.74) is 3.01. The molecule has 34 heavy (non-hydrogen) atoms. The summed E-state index contributed by atoms with van der Waals surface area (Å²) in [5, 5.41) is 13.4. The van der Waals surface area contributed by atoms with E-state index in [4.69, 9.17) is 30.8 Å². The number of aromatic nitrogens is 3. The zero-order chi connectivity index (χ0) is 23.9. The van der Waals surface area contributed by atoms with Gasteiger partial charge >= 0.3 is 0 Å². The summed E-state index contributed by atoms with van der Waals surface area (Å²) in [4.78, 5) is 4.72. The lowest BCUT2D eigenvalue weighted by Crippen LogP contribution is -2.18. The van der Waals surface area contributed by atoms with Crippen molar-refractivity contribution in [2.75, 3.05) is 25.3 Å². The van der Waals surface area contributed by atoms with Crippen molar-refractivity contribution in [2.45, 2.75) is 50.4 Å². The number of nitrogens with one attached hydrogen (secondary N) is 1. The number of rotatable bonds is 10. The van der Waals surface area contributed by atoms with Gasteiger partial charge in [-0.1, -0.05) is 74.2 Å². The number of halogens is 1. The number of thioether (sulfide) groups is 1. The first kappa shape index (κ1) is 24.4. The van der Waals surface area contributed by atoms with Crippen LogP contribution in [0.15, 0.2) is 41.6 Å². The van der Waals surface area contributed by atoms with Gasteiger partial charge in [0.2, 0.25) is 11.0 Å². The normalized spacial score (nSPS) is 14.3. The van der Waals surface area contributed by atoms with Crippen LogP contribution in [-0.4, -0.2) is 35.2 Å². The van der Waals surface area contributed by atoms with E-state index < -0.39 is 6.23 Å². The number of unbranched alkanes of at least 4 members (excludes halogenated alkanes) is 4. The summed E-state index contributed by atoms with van der Waals surface area (Å²) in [7, 11) is 3.16. The van der Waals surface area contributed by atoms with Gasteiger partial charge in [0.25, 0.3) is 0 Å². The molecule has 0 saturated heterocycles. The number of methoxy groups -OCH3 is 2. The van der Waals surface area contributed by atoms with Crippen LogP contribution in [0.5, 0.6) is 17.4 Å². The second kappa shape index (κ2) is 11.6. The van der Waals surface area contributed by atoms with Crippen LogP contribution in [0.3, 0.4) is 0 Å². The first-order chi connectivity index (χ1) is 16.6. The Bertz CT molecular complexity index is 1130. The maximum atomic E-state index is 6.62. The third-order valence-electron chi connectivity index (χ3n) is 5.60. The number of para-hydroxylation sites is 1. The van der Waals surface area contributed by atoms with Gasteiger partial charge in [-0.15, -0.1) is 10.2 Å². The number of nitrogens with zero attached hydrogens (tertiary/aromatic N) is 3. The van der Waals surface area contributed by atoms with Crippen LogP contribution >= 0.6 is 23.4 Å². The summed E-state index contributed by atoms with van der Waals surface area (Å²) >= 11 is 8.22. The predicted molar refractivity (Wildman–Crippen MR) is 136 cm³/mol. The molecule has 4 rings (SSSR count). The van der Waals surface area contributed by atoms with E-state index in [1.165, 1.54) is 25.7 Å². The topological polar surface area (TPSA) is 78.4 Å². The lowest BCUT2D eigenvalue weighted by Gasteiger charge is -2.21. The van der Waals surface area contributed by atoms with Crippen molar-refractivity contribution in [3.8, 4) is 28.6 Å². The lowest BCUT2D eigenvalue weighted by atomic mass is 10.1. The average Bonchev–Trinajstić information content (AvgIpc) is 3.02. The highest BCUT2D eigenvalue weighted by Gasteiger charge is 2.28. The molecular formula is C25H29ClN4O3S. The van der Waals surface area contributed by atoms with Gasteiger partial charge < -0.3 is 19.5 Å². The van der Waals surface area contributed by atoms with Crippen LogP contribution in [0.4, 0.5) is 5.69 Å². The first-order valence-corrected chi connectivity index (χ1v) is 12.8. The molecule has 1 aliphatic heterocycles. The van der Waals surface area contributed by atoms with Gasteiger partial charge in [-0.05, 0) is 18.6 Å². The van der Waals surface area contributed by atoms with Crippen LogP contribution in [0.25, 0.3) is 11.3 Å². The molecule has 7 nitrogen and oxygen atoms in total. The molecule has 0 fully saturated rings. The maximum Gasteiger partial charge on any atom is 0.247 e. The molecule has 0 amide bonds. The molecule has 1 atom stereocenters. The Kier molecular flexibility index (Phi) is 8.34. The third kappa shape index (κ3) is 5.50. The van der Waals surface area contributed by atoms with E-state index in [9.17, 15) is 0 Å². The maximum absolute atomic E-state index is 6.62. The number of hydrogen-bond donors (Lipinski definition) is 1. The molecule has 0 spiro atoms. The summed E-state index contributed by atoms with van der Waals surface area (Å²) < 4.78 is 17.2. The second-order valence-corrected chi connectivity index (χ2v) is 9.40. The van der Waals surface area contributed by atoms with E-state index in [2.05, 4.69) is 22.4 Å². The van der Waals surface area contributed by atoms with Crippen LogP contribution in [-0.2, 0) is 0 Å². The van der Waals surface area contributed by atoms with Gasteiger partial charge in [-0.3, -0.25) is 0 Å². The molecule has 180 valence electrons. The number of ether oxygens (including phenoxy) is 3. The Hall–Kier alpha value is -2.71. The summed E-state index contributed by atoms with van der Waals surface area (Å²) in [6.45, 7) is 2.22. The van der Waals surface area contributed by atoms with E-state index in [0.29, 0.717) is 38.8 Å². The van der Waals surface area contributed by atoms with Crippen LogP contribution in [0, 0.1) is 0 Å². The van der Waals surface area contributed by atoms with Gasteiger partial charge in [0.1, 0.15) is 0 Å². The van der Waals surface area contributed by atoms with E-state index in [1.807, 2.05) is 30.3 Å². The molecule has 1 aromatic heterocycles. The molecule has 1 aliphatic rings. The molecule has 0 radical (unpaired) electrons. The Morgan fingerprint density at radius 3 is 2.59 bits per heavy atom. The highest BCUT2D eigenvalue weighted by Crippen LogP contribution is 2.43. The molecule has 3 aromatic rings. The smallest absolute Gasteiger partial charge is 0.247 e. The van der Waals surface area contributed by atoms with E-state index in [1.54, 1.807) is 32.0 Å². The van der Waals surface area contributed by atoms with Gasteiger partial charge in [-0.25, -0.2) is 0 Å². The largest absolute Gasteiger partial charge is 0.493 e. The summed E-state index contributed by atoms with van der Waals surface area (Å²) in [6, 6.07) is 11.4. The number of fused-ring (bicyclic) bond motifs is 3. The van der Waals surface area contributed by atoms with Crippen molar-refractivity contribution in [3.63, 3.8) is 0 Å². The molecule has 9 heteroatoms. The number of benzene rings is 2. The predicted octanol–water partition coefficient (Wildman–Crippen LogP) is 6.77. The molecule has 0 bridgehead atoms. The number of hydrogen-bond acceptors (Lipinski definition) is 8. The summed E-state index contributed by atoms with van der Waals surface area (Å²) in [6.07, 6.45) is 5.51. The average molecular weight is 501 g/mol. The summed E-state index contributed by atoms with van der Waals surface area (Å²) in [5.74, 6) is 2.47. The highest BCUT2D eigenvalue weighted by molar-refractivity contribution is 7.99. The molecular weight excluding hydrogens is 472 g/mol. The van der Waals surface area contributed by atoms with Crippen molar-refractivity contribution in [1.29, 1.82) is 0 Å². The minimum atomic E-state index is -0.613. The molecule has 1 N–H and O–H groups in total. The van der Waals surface area contributed by atoms with Gasteiger partial charge in [0, 0.05) is 28.6 Å². The standard InChI is InChI=1S/C25H29ClN4O3S/c1-4-5-6-7-10-13-34-25-28-24-22(29-30-25)16-11-8-9-12-19(16)27-23(33-24)17-14-20(31-2)21(32-3)15-18(17)26/h8-9,11-12,14-15,23,27H,4-7,10,13H2,1-3H3/t23-/m1/s1. The zero-order valence-corrected chi connectivity index (χ0v) is 21.2. The molecule has 2 aromatic carbocycles. The van der Waals surface area contributed by atoms with Crippen LogP contribution in [0.2, 0.25) is 5.02 Å². The monoisotopic (exact) mass is 500 g/mol. The van der Waals surface area contributed by atoms with E-state index >= 15 is 0 Å². The fourth-order valence-corrected chi connectivity index (χ4v) is 4.82. The van der Waals surface area contributed by atoms with Crippen LogP contribution < -0.4 is 19.5 Å². The first-order valence-electron chi connectivity index (χ1n) is 11.5. The second-order valence-electron chi connectivity index (χ2n) is 7.93. The fraction of sp³-hybridized carbons (Fsp3) is 0.400. The van der Waals surface area contributed by atoms with E-state index in [-0.39, 0.29) is 0 Å². The molecule has 0 unspecified atom stereocenters. The Labute approximate surface area is 209 Å². The van der Waals surface area contributed by atoms with Crippen molar-refractivity contribution >= 4 is 29.1 Å². The minimum absolute atomic E-state index is 0.414. The van der Waals surface area contributed by atoms with Crippen molar-refractivity contribution < 1.29 is 14.2 Å². The van der Waals surface area contributed by atoms with Gasteiger partial charge in [0.05, 0.1) is 19.2 Å². The highest BCUT2D eigenvalue weighted by atomic mass is 35.5. The van der Waals surface area contributed by atoms with Gasteiger partial charge in [-0.2, -0.15) is 4.98 Å². The van der Waals surface area contributed by atoms with Gasteiger partial charge in [0.15, 0.2) is 23.4 Å². The SMILES string of the molecule is CCCCCCCSc1nnc2c(n1)O[C@H](c1cc(OC)c(OC)cc1Cl)Nc1ccccc1-2. The Morgan fingerprint density at radius 2 is 1.79 bits per heavy atom. The Balaban J connectivity index is 1.64. The van der Waals surface area contributed by atoms with E-state index in [0.717, 1.165) is 23.4 Å². The van der Waals surface area contributed by atoms with Crippen molar-refractivity contribution in [1.82, 2.24) is 15.2 Å². The van der Waals surface area contributed by atoms with Crippen molar-refractivity contribution in [3.05, 3.63) is 47.0 Å². The quantitative estimate of drug-likeness (QED) is 0.241. The molecule has 0 aliphatic carbocycles. The van der Waals surface area contributed by atoms with Crippen LogP contribution in [0.1, 0.15) is 50.8 Å². The fourth-order valence-electron chi connectivity index (χ4n) is 3.79. The van der Waals surface area contributed by atoms with Crippen molar-refractivity contribution in [2.24, 2.45) is 0 Å². The third-order valence-corrected chi connectivity index (χ3v) is 6.85. The molecule has 2 heterocycles. The zero-order valence-electron chi connectivity index (χ0n) is 19.6. The lowest BCUT2D eigenvalue weighted by molar-refractivity contribution is 0.224. The number of anilines is 1. The molecule has 0 saturated carbocycles.